The van der Waals surface area contributed by atoms with Crippen LogP contribution in [0.15, 0.2) is 48.5 Å². The van der Waals surface area contributed by atoms with Crippen LogP contribution >= 0.6 is 23.2 Å². The number of nitrogens with one attached hydrogen (secondary N) is 2. The second-order valence-corrected chi connectivity index (χ2v) is 6.57. The molecule has 0 saturated heterocycles. The summed E-state index contributed by atoms with van der Waals surface area (Å²) in [6, 6.07) is 14.4. The molecule has 0 fully saturated rings. The van der Waals surface area contributed by atoms with Crippen LogP contribution in [0.25, 0.3) is 0 Å². The molecule has 1 aromatic heterocycles. The Morgan fingerprint density at radius 1 is 0.962 bits per heavy atom. The van der Waals surface area contributed by atoms with Gasteiger partial charge in [-0.1, -0.05) is 47.0 Å². The van der Waals surface area contributed by atoms with Crippen LogP contribution < -0.4 is 10.6 Å². The van der Waals surface area contributed by atoms with Gasteiger partial charge in [0.15, 0.2) is 0 Å². The molecule has 0 aliphatic carbocycles. The van der Waals surface area contributed by atoms with Gasteiger partial charge in [-0.25, -0.2) is 9.97 Å². The van der Waals surface area contributed by atoms with Crippen LogP contribution in [0.3, 0.4) is 0 Å². The van der Waals surface area contributed by atoms with Crippen LogP contribution in [0.2, 0.25) is 10.0 Å². The molecule has 1 amide bonds. The molecule has 0 radical (unpaired) electrons. The molecule has 1 heterocycles. The topological polar surface area (TPSA) is 66.9 Å². The molecular formula is C19H16Cl2N4O. The lowest BCUT2D eigenvalue weighted by molar-refractivity contribution is 0.102. The number of halogens is 2. The summed E-state index contributed by atoms with van der Waals surface area (Å²) in [5.41, 5.74) is 3.21. The molecule has 0 aliphatic heterocycles. The summed E-state index contributed by atoms with van der Waals surface area (Å²) in [5.74, 6) is -0.0817. The Labute approximate surface area is 161 Å². The standard InChI is InChI=1S/C19H16Cl2N4O/c1-11-6-8-13(9-7-11)23-19-22-12(2)10-16(24-19)18(26)25-17-14(20)4-3-5-15(17)21/h3-10H,1-2H3,(H,25,26)(H,22,23,24). The summed E-state index contributed by atoms with van der Waals surface area (Å²) < 4.78 is 0. The largest absolute Gasteiger partial charge is 0.324 e. The molecule has 0 atom stereocenters. The maximum atomic E-state index is 12.6. The van der Waals surface area contributed by atoms with Crippen LogP contribution in [0.1, 0.15) is 21.7 Å². The molecule has 26 heavy (non-hydrogen) atoms. The summed E-state index contributed by atoms with van der Waals surface area (Å²) in [6.07, 6.45) is 0. The third-order valence-electron chi connectivity index (χ3n) is 3.60. The van der Waals surface area contributed by atoms with Crippen molar-refractivity contribution in [2.75, 3.05) is 10.6 Å². The highest BCUT2D eigenvalue weighted by atomic mass is 35.5. The van der Waals surface area contributed by atoms with Gasteiger partial charge in [-0.2, -0.15) is 0 Å². The van der Waals surface area contributed by atoms with E-state index >= 15 is 0 Å². The summed E-state index contributed by atoms with van der Waals surface area (Å²) >= 11 is 12.2. The van der Waals surface area contributed by atoms with Crippen LogP contribution in [0, 0.1) is 13.8 Å². The second-order valence-electron chi connectivity index (χ2n) is 5.76. The SMILES string of the molecule is Cc1ccc(Nc2nc(C)cc(C(=O)Nc3c(Cl)cccc3Cl)n2)cc1. The number of hydrogen-bond acceptors (Lipinski definition) is 4. The number of para-hydroxylation sites is 1. The van der Waals surface area contributed by atoms with Crippen LogP contribution in [0.5, 0.6) is 0 Å². The van der Waals surface area contributed by atoms with Crippen molar-refractivity contribution in [1.29, 1.82) is 0 Å². The average molecular weight is 387 g/mol. The predicted octanol–water partition coefficient (Wildman–Crippen LogP) is 5.40. The number of aryl methyl sites for hydroxylation is 2. The van der Waals surface area contributed by atoms with Crippen molar-refractivity contribution in [2.45, 2.75) is 13.8 Å². The minimum Gasteiger partial charge on any atom is -0.324 e. The molecular weight excluding hydrogens is 371 g/mol. The first kappa shape index (κ1) is 18.2. The lowest BCUT2D eigenvalue weighted by atomic mass is 10.2. The van der Waals surface area contributed by atoms with Gasteiger partial charge in [-0.15, -0.1) is 0 Å². The Hall–Kier alpha value is -2.63. The first-order chi connectivity index (χ1) is 12.4. The number of amides is 1. The zero-order chi connectivity index (χ0) is 18.7. The molecule has 0 aliphatic rings. The van der Waals surface area contributed by atoms with Crippen molar-refractivity contribution < 1.29 is 4.79 Å². The maximum absolute atomic E-state index is 12.6. The van der Waals surface area contributed by atoms with E-state index in [1.807, 2.05) is 31.2 Å². The van der Waals surface area contributed by atoms with E-state index in [2.05, 4.69) is 20.6 Å². The fourth-order valence-electron chi connectivity index (χ4n) is 2.30. The molecule has 7 heteroatoms. The van der Waals surface area contributed by atoms with Crippen molar-refractivity contribution in [3.05, 3.63) is 75.5 Å². The fraction of sp³-hybridized carbons (Fsp3) is 0.105. The first-order valence-corrected chi connectivity index (χ1v) is 8.63. The van der Waals surface area contributed by atoms with Gasteiger partial charge in [-0.05, 0) is 44.2 Å². The van der Waals surface area contributed by atoms with Crippen molar-refractivity contribution >= 4 is 46.4 Å². The van der Waals surface area contributed by atoms with Gasteiger partial charge >= 0.3 is 0 Å². The van der Waals surface area contributed by atoms with Gasteiger partial charge in [0.2, 0.25) is 5.95 Å². The van der Waals surface area contributed by atoms with E-state index in [1.165, 1.54) is 0 Å². The predicted molar refractivity (Wildman–Crippen MR) is 106 cm³/mol. The highest BCUT2D eigenvalue weighted by molar-refractivity contribution is 6.40. The van der Waals surface area contributed by atoms with Crippen LogP contribution in [0.4, 0.5) is 17.3 Å². The van der Waals surface area contributed by atoms with E-state index in [4.69, 9.17) is 23.2 Å². The van der Waals surface area contributed by atoms with Gasteiger partial charge < -0.3 is 10.6 Å². The van der Waals surface area contributed by atoms with Crippen molar-refractivity contribution in [1.82, 2.24) is 9.97 Å². The highest BCUT2D eigenvalue weighted by Gasteiger charge is 2.14. The Morgan fingerprint density at radius 2 is 1.62 bits per heavy atom. The van der Waals surface area contributed by atoms with Gasteiger partial charge in [0.05, 0.1) is 15.7 Å². The monoisotopic (exact) mass is 386 g/mol. The number of rotatable bonds is 4. The van der Waals surface area contributed by atoms with E-state index in [0.717, 1.165) is 11.3 Å². The summed E-state index contributed by atoms with van der Waals surface area (Å²) in [6.45, 7) is 3.80. The van der Waals surface area contributed by atoms with Gasteiger partial charge in [-0.3, -0.25) is 4.79 Å². The molecule has 2 aromatic carbocycles. The summed E-state index contributed by atoms with van der Waals surface area (Å²) in [5, 5.41) is 6.51. The first-order valence-electron chi connectivity index (χ1n) is 7.87. The summed E-state index contributed by atoms with van der Waals surface area (Å²) in [7, 11) is 0. The smallest absolute Gasteiger partial charge is 0.274 e. The van der Waals surface area contributed by atoms with Gasteiger partial charge in [0, 0.05) is 11.4 Å². The number of anilines is 3. The maximum Gasteiger partial charge on any atom is 0.274 e. The quantitative estimate of drug-likeness (QED) is 0.629. The van der Waals surface area contributed by atoms with E-state index in [9.17, 15) is 4.79 Å². The summed E-state index contributed by atoms with van der Waals surface area (Å²) in [4.78, 5) is 21.2. The average Bonchev–Trinajstić information content (AvgIpc) is 2.59. The van der Waals surface area contributed by atoms with Gasteiger partial charge in [0.1, 0.15) is 5.69 Å². The van der Waals surface area contributed by atoms with Crippen molar-refractivity contribution in [3.63, 3.8) is 0 Å². The second kappa shape index (κ2) is 7.72. The van der Waals surface area contributed by atoms with Crippen molar-refractivity contribution in [3.8, 4) is 0 Å². The van der Waals surface area contributed by atoms with Crippen LogP contribution in [-0.2, 0) is 0 Å². The zero-order valence-corrected chi connectivity index (χ0v) is 15.7. The number of nitrogens with zero attached hydrogens (tertiary/aromatic N) is 2. The number of carbonyl (C=O) groups is 1. The number of aromatic nitrogens is 2. The Kier molecular flexibility index (Phi) is 5.40. The number of benzene rings is 2. The Balaban J connectivity index is 1.84. The molecule has 2 N–H and O–H groups in total. The minimum atomic E-state index is -0.419. The van der Waals surface area contributed by atoms with Gasteiger partial charge in [0.25, 0.3) is 5.91 Å². The lowest BCUT2D eigenvalue weighted by Gasteiger charge is -2.11. The van der Waals surface area contributed by atoms with E-state index in [-0.39, 0.29) is 5.69 Å². The third kappa shape index (κ3) is 4.31. The Bertz CT molecular complexity index is 938. The zero-order valence-electron chi connectivity index (χ0n) is 14.2. The normalized spacial score (nSPS) is 10.5. The molecule has 0 bridgehead atoms. The molecule has 0 spiro atoms. The van der Waals surface area contributed by atoms with E-state index in [1.54, 1.807) is 31.2 Å². The minimum absolute atomic E-state index is 0.211. The molecule has 3 aromatic rings. The molecule has 132 valence electrons. The van der Waals surface area contributed by atoms with E-state index < -0.39 is 5.91 Å². The fourth-order valence-corrected chi connectivity index (χ4v) is 2.79. The van der Waals surface area contributed by atoms with Crippen LogP contribution in [-0.4, -0.2) is 15.9 Å². The molecule has 5 nitrogen and oxygen atoms in total. The molecule has 3 rings (SSSR count). The molecule has 0 unspecified atom stereocenters. The molecule has 0 saturated carbocycles. The van der Waals surface area contributed by atoms with Crippen molar-refractivity contribution in [2.24, 2.45) is 0 Å². The number of carbonyl (C=O) groups excluding carboxylic acids is 1. The van der Waals surface area contributed by atoms with E-state index in [0.29, 0.717) is 27.4 Å². The number of hydrogen-bond donors (Lipinski definition) is 2. The lowest BCUT2D eigenvalue weighted by Crippen LogP contribution is -2.16. The Morgan fingerprint density at radius 3 is 2.27 bits per heavy atom. The highest BCUT2D eigenvalue weighted by Crippen LogP contribution is 2.30. The third-order valence-corrected chi connectivity index (χ3v) is 4.23.